The van der Waals surface area contributed by atoms with E-state index in [1.165, 1.54) is 4.90 Å². The van der Waals surface area contributed by atoms with Gasteiger partial charge in [-0.05, 0) is 33.6 Å². The summed E-state index contributed by atoms with van der Waals surface area (Å²) >= 11 is 0. The zero-order chi connectivity index (χ0) is 13.1. The fraction of sp³-hybridized carbons (Fsp3) is 0.846. The Morgan fingerprint density at radius 1 is 1.47 bits per heavy atom. The van der Waals surface area contributed by atoms with Crippen molar-refractivity contribution >= 4 is 11.9 Å². The van der Waals surface area contributed by atoms with Gasteiger partial charge in [-0.25, -0.2) is 4.79 Å². The SMILES string of the molecule is CCCC1CCN(C(=O)OC(C)(C)C)CC1=O. The van der Waals surface area contributed by atoms with Gasteiger partial charge in [-0.1, -0.05) is 13.3 Å². The summed E-state index contributed by atoms with van der Waals surface area (Å²) < 4.78 is 5.26. The summed E-state index contributed by atoms with van der Waals surface area (Å²) in [4.78, 5) is 25.1. The molecule has 1 amide bonds. The van der Waals surface area contributed by atoms with E-state index in [2.05, 4.69) is 6.92 Å². The minimum atomic E-state index is -0.500. The number of ketones is 1. The topological polar surface area (TPSA) is 46.6 Å². The van der Waals surface area contributed by atoms with Gasteiger partial charge in [-0.2, -0.15) is 0 Å². The maximum absolute atomic E-state index is 11.8. The van der Waals surface area contributed by atoms with Crippen molar-refractivity contribution in [1.82, 2.24) is 4.90 Å². The third-order valence-electron chi connectivity index (χ3n) is 2.84. The van der Waals surface area contributed by atoms with Gasteiger partial charge in [0.1, 0.15) is 5.60 Å². The molecule has 0 saturated carbocycles. The van der Waals surface area contributed by atoms with Crippen LogP contribution in [0.2, 0.25) is 0 Å². The van der Waals surface area contributed by atoms with E-state index in [1.54, 1.807) is 0 Å². The lowest BCUT2D eigenvalue weighted by molar-refractivity contribution is -0.127. The Morgan fingerprint density at radius 3 is 2.59 bits per heavy atom. The van der Waals surface area contributed by atoms with E-state index in [4.69, 9.17) is 4.74 Å². The Hall–Kier alpha value is -1.06. The average molecular weight is 241 g/mol. The van der Waals surface area contributed by atoms with Gasteiger partial charge in [0, 0.05) is 12.5 Å². The predicted octanol–water partition coefficient (Wildman–Crippen LogP) is 2.61. The molecule has 0 aliphatic carbocycles. The molecule has 0 bridgehead atoms. The molecule has 0 aromatic carbocycles. The highest BCUT2D eigenvalue weighted by atomic mass is 16.6. The fourth-order valence-electron chi connectivity index (χ4n) is 2.01. The third kappa shape index (κ3) is 4.36. The van der Waals surface area contributed by atoms with Crippen molar-refractivity contribution in [1.29, 1.82) is 0 Å². The molecule has 1 saturated heterocycles. The van der Waals surface area contributed by atoms with Gasteiger partial charge in [0.25, 0.3) is 0 Å². The number of piperidine rings is 1. The van der Waals surface area contributed by atoms with E-state index < -0.39 is 5.60 Å². The van der Waals surface area contributed by atoms with Crippen LogP contribution in [0, 0.1) is 5.92 Å². The smallest absolute Gasteiger partial charge is 0.410 e. The summed E-state index contributed by atoms with van der Waals surface area (Å²) in [6.45, 7) is 8.40. The molecule has 98 valence electrons. The van der Waals surface area contributed by atoms with Crippen LogP contribution in [0.25, 0.3) is 0 Å². The summed E-state index contributed by atoms with van der Waals surface area (Å²) in [6, 6.07) is 0. The molecule has 4 heteroatoms. The minimum Gasteiger partial charge on any atom is -0.444 e. The molecule has 0 radical (unpaired) electrons. The van der Waals surface area contributed by atoms with Gasteiger partial charge in [0.2, 0.25) is 0 Å². The van der Waals surface area contributed by atoms with Gasteiger partial charge in [0.15, 0.2) is 5.78 Å². The molecule has 0 spiro atoms. The number of ether oxygens (including phenoxy) is 1. The quantitative estimate of drug-likeness (QED) is 0.746. The van der Waals surface area contributed by atoms with Crippen molar-refractivity contribution in [3.63, 3.8) is 0 Å². The number of carbonyl (C=O) groups excluding carboxylic acids is 2. The highest BCUT2D eigenvalue weighted by Crippen LogP contribution is 2.20. The van der Waals surface area contributed by atoms with Gasteiger partial charge in [0.05, 0.1) is 6.54 Å². The summed E-state index contributed by atoms with van der Waals surface area (Å²) in [6.07, 6.45) is 2.34. The maximum Gasteiger partial charge on any atom is 0.410 e. The van der Waals surface area contributed by atoms with Gasteiger partial charge in [-0.15, -0.1) is 0 Å². The monoisotopic (exact) mass is 241 g/mol. The number of amides is 1. The molecule has 0 aromatic rings. The first kappa shape index (κ1) is 14.0. The van der Waals surface area contributed by atoms with E-state index in [9.17, 15) is 9.59 Å². The Bertz CT molecular complexity index is 294. The molecule has 1 aliphatic heterocycles. The van der Waals surface area contributed by atoms with Crippen LogP contribution in [0.4, 0.5) is 4.79 Å². The molecule has 1 fully saturated rings. The first-order valence-corrected chi connectivity index (χ1v) is 6.34. The minimum absolute atomic E-state index is 0.138. The molecule has 1 aliphatic rings. The lowest BCUT2D eigenvalue weighted by Crippen LogP contribution is -2.46. The Balaban J connectivity index is 2.49. The molecule has 1 atom stereocenters. The number of carbonyl (C=O) groups is 2. The van der Waals surface area contributed by atoms with Crippen LogP contribution in [-0.2, 0) is 9.53 Å². The van der Waals surface area contributed by atoms with Crippen molar-refractivity contribution < 1.29 is 14.3 Å². The van der Waals surface area contributed by atoms with Crippen molar-refractivity contribution in [3.8, 4) is 0 Å². The highest BCUT2D eigenvalue weighted by Gasteiger charge is 2.31. The van der Waals surface area contributed by atoms with Crippen LogP contribution in [0.3, 0.4) is 0 Å². The summed E-state index contributed by atoms with van der Waals surface area (Å²) in [7, 11) is 0. The number of hydrogen-bond acceptors (Lipinski definition) is 3. The number of likely N-dealkylation sites (tertiary alicyclic amines) is 1. The zero-order valence-corrected chi connectivity index (χ0v) is 11.3. The second-order valence-electron chi connectivity index (χ2n) is 5.64. The van der Waals surface area contributed by atoms with E-state index in [-0.39, 0.29) is 24.3 Å². The van der Waals surface area contributed by atoms with Crippen LogP contribution in [0.5, 0.6) is 0 Å². The van der Waals surface area contributed by atoms with Crippen molar-refractivity contribution in [3.05, 3.63) is 0 Å². The molecule has 1 rings (SSSR count). The number of hydrogen-bond donors (Lipinski definition) is 0. The van der Waals surface area contributed by atoms with E-state index in [1.807, 2.05) is 20.8 Å². The van der Waals surface area contributed by atoms with E-state index in [0.29, 0.717) is 6.54 Å². The normalized spacial score (nSPS) is 21.5. The molecule has 17 heavy (non-hydrogen) atoms. The highest BCUT2D eigenvalue weighted by molar-refractivity contribution is 5.87. The Morgan fingerprint density at radius 2 is 2.12 bits per heavy atom. The van der Waals surface area contributed by atoms with Crippen molar-refractivity contribution in [2.75, 3.05) is 13.1 Å². The summed E-state index contributed by atoms with van der Waals surface area (Å²) in [5.74, 6) is 0.308. The van der Waals surface area contributed by atoms with Crippen molar-refractivity contribution in [2.24, 2.45) is 5.92 Å². The van der Waals surface area contributed by atoms with Crippen molar-refractivity contribution in [2.45, 2.75) is 52.6 Å². The predicted molar refractivity (Wildman–Crippen MR) is 65.8 cm³/mol. The van der Waals surface area contributed by atoms with Crippen LogP contribution >= 0.6 is 0 Å². The first-order valence-electron chi connectivity index (χ1n) is 6.34. The molecule has 0 aromatic heterocycles. The molecular weight excluding hydrogens is 218 g/mol. The molecule has 0 N–H and O–H groups in total. The standard InChI is InChI=1S/C13H23NO3/c1-5-6-10-7-8-14(9-11(10)15)12(16)17-13(2,3)4/h10H,5-9H2,1-4H3. The first-order chi connectivity index (χ1) is 7.83. The summed E-state index contributed by atoms with van der Waals surface area (Å²) in [5, 5.41) is 0. The summed E-state index contributed by atoms with van der Waals surface area (Å²) in [5.41, 5.74) is -0.500. The third-order valence-corrected chi connectivity index (χ3v) is 2.84. The van der Waals surface area contributed by atoms with Gasteiger partial charge in [-0.3, -0.25) is 4.79 Å². The lowest BCUT2D eigenvalue weighted by atomic mass is 9.91. The second-order valence-corrected chi connectivity index (χ2v) is 5.64. The number of nitrogens with zero attached hydrogens (tertiary/aromatic N) is 1. The number of rotatable bonds is 2. The molecule has 1 unspecified atom stereocenters. The lowest BCUT2D eigenvalue weighted by Gasteiger charge is -2.32. The second kappa shape index (κ2) is 5.52. The van der Waals surface area contributed by atoms with Crippen LogP contribution in [0.15, 0.2) is 0 Å². The van der Waals surface area contributed by atoms with Crippen LogP contribution in [-0.4, -0.2) is 35.5 Å². The average Bonchev–Trinajstić information content (AvgIpc) is 2.18. The Labute approximate surface area is 103 Å². The van der Waals surface area contributed by atoms with Gasteiger partial charge >= 0.3 is 6.09 Å². The largest absolute Gasteiger partial charge is 0.444 e. The van der Waals surface area contributed by atoms with Crippen LogP contribution < -0.4 is 0 Å². The Kier molecular flexibility index (Phi) is 4.54. The molecular formula is C13H23NO3. The maximum atomic E-state index is 11.8. The zero-order valence-electron chi connectivity index (χ0n) is 11.3. The molecule has 1 heterocycles. The van der Waals surface area contributed by atoms with E-state index in [0.717, 1.165) is 19.3 Å². The van der Waals surface area contributed by atoms with Crippen LogP contribution in [0.1, 0.15) is 47.0 Å². The molecule has 4 nitrogen and oxygen atoms in total. The van der Waals surface area contributed by atoms with E-state index >= 15 is 0 Å². The fourth-order valence-corrected chi connectivity index (χ4v) is 2.01. The van der Waals surface area contributed by atoms with Gasteiger partial charge < -0.3 is 9.64 Å². The number of Topliss-reactive ketones (excluding diaryl/α,β-unsaturated/α-hetero) is 1.